The van der Waals surface area contributed by atoms with Crippen LogP contribution in [0.15, 0.2) is 42.5 Å². The highest BCUT2D eigenvalue weighted by Gasteiger charge is 2.02. The maximum Gasteiger partial charge on any atom is 0.116 e. The monoisotopic (exact) mass is 200 g/mol. The molecule has 0 atom stereocenters. The lowest BCUT2D eigenvalue weighted by molar-refractivity contribution is 0.475. The molecule has 0 aliphatic carbocycles. The van der Waals surface area contributed by atoms with E-state index in [1.807, 2.05) is 19.1 Å². The Morgan fingerprint density at radius 2 is 1.60 bits per heavy atom. The van der Waals surface area contributed by atoms with E-state index >= 15 is 0 Å². The van der Waals surface area contributed by atoms with E-state index < -0.39 is 0 Å². The second-order valence-electron chi connectivity index (χ2n) is 3.55. The highest BCUT2D eigenvalue weighted by atomic mass is 16.3. The molecule has 2 aromatic carbocycles. The maximum atomic E-state index is 9.37. The molecule has 2 N–H and O–H groups in total. The summed E-state index contributed by atoms with van der Waals surface area (Å²) in [6.45, 7) is 1.93. The lowest BCUT2D eigenvalue weighted by Gasteiger charge is -2.06. The summed E-state index contributed by atoms with van der Waals surface area (Å²) in [6.07, 6.45) is 0. The summed E-state index contributed by atoms with van der Waals surface area (Å²) in [6, 6.07) is 12.3. The van der Waals surface area contributed by atoms with Crippen molar-refractivity contribution in [3.05, 3.63) is 48.0 Å². The lowest BCUT2D eigenvalue weighted by atomic mass is 10.0. The predicted octanol–water partition coefficient (Wildman–Crippen LogP) is 3.07. The van der Waals surface area contributed by atoms with Gasteiger partial charge >= 0.3 is 0 Å². The molecule has 0 aliphatic rings. The molecule has 0 aromatic heterocycles. The second-order valence-corrected chi connectivity index (χ2v) is 3.55. The van der Waals surface area contributed by atoms with Crippen molar-refractivity contribution in [2.45, 2.75) is 6.92 Å². The molecular weight excluding hydrogens is 188 g/mol. The number of hydrogen-bond acceptors (Lipinski definition) is 2. The highest BCUT2D eigenvalue weighted by Crippen LogP contribution is 2.28. The minimum Gasteiger partial charge on any atom is -0.508 e. The van der Waals surface area contributed by atoms with Crippen LogP contribution in [0.25, 0.3) is 11.1 Å². The Hall–Kier alpha value is -1.96. The van der Waals surface area contributed by atoms with Gasteiger partial charge in [0.25, 0.3) is 0 Å². The zero-order valence-corrected chi connectivity index (χ0v) is 8.44. The van der Waals surface area contributed by atoms with Gasteiger partial charge in [0, 0.05) is 0 Å². The minimum atomic E-state index is 0.250. The molecule has 0 fully saturated rings. The quantitative estimate of drug-likeness (QED) is 0.742. The summed E-state index contributed by atoms with van der Waals surface area (Å²) < 4.78 is 0. The van der Waals surface area contributed by atoms with Crippen LogP contribution >= 0.6 is 0 Å². The molecule has 2 rings (SSSR count). The normalized spacial score (nSPS) is 10.2. The Morgan fingerprint density at radius 1 is 0.867 bits per heavy atom. The molecule has 2 nitrogen and oxygen atoms in total. The molecule has 76 valence electrons. The van der Waals surface area contributed by atoms with Gasteiger partial charge in [0.2, 0.25) is 0 Å². The molecule has 0 unspecified atom stereocenters. The van der Waals surface area contributed by atoms with Crippen LogP contribution < -0.4 is 0 Å². The van der Waals surface area contributed by atoms with Crippen molar-refractivity contribution in [2.75, 3.05) is 0 Å². The lowest BCUT2D eigenvalue weighted by Crippen LogP contribution is -1.82. The van der Waals surface area contributed by atoms with Crippen LogP contribution in [0.2, 0.25) is 0 Å². The summed E-state index contributed by atoms with van der Waals surface area (Å²) >= 11 is 0. The summed E-state index contributed by atoms with van der Waals surface area (Å²) in [5.41, 5.74) is 2.96. The standard InChI is InChI=1S/C13H12O2/c1-9-7-12(15)5-6-13(9)10-3-2-4-11(14)8-10/h2-8,14-15H,1H3. The Bertz CT molecular complexity index is 490. The van der Waals surface area contributed by atoms with Crippen molar-refractivity contribution in [2.24, 2.45) is 0 Å². The third-order valence-electron chi connectivity index (χ3n) is 2.37. The minimum absolute atomic E-state index is 0.250. The van der Waals surface area contributed by atoms with Crippen LogP contribution in [0.4, 0.5) is 0 Å². The van der Waals surface area contributed by atoms with E-state index in [9.17, 15) is 10.2 Å². The van der Waals surface area contributed by atoms with Crippen LogP contribution in [0, 0.1) is 6.92 Å². The predicted molar refractivity (Wildman–Crippen MR) is 59.9 cm³/mol. The van der Waals surface area contributed by atoms with Crippen LogP contribution in [-0.4, -0.2) is 10.2 Å². The number of hydrogen-bond donors (Lipinski definition) is 2. The van der Waals surface area contributed by atoms with Crippen LogP contribution in [0.1, 0.15) is 5.56 Å². The maximum absolute atomic E-state index is 9.37. The molecule has 0 saturated carbocycles. The Labute approximate surface area is 88.4 Å². The fraction of sp³-hybridized carbons (Fsp3) is 0.0769. The van der Waals surface area contributed by atoms with E-state index in [1.165, 1.54) is 0 Å². The number of phenols is 2. The molecule has 2 aromatic rings. The van der Waals surface area contributed by atoms with E-state index in [-0.39, 0.29) is 11.5 Å². The largest absolute Gasteiger partial charge is 0.508 e. The van der Waals surface area contributed by atoms with Gasteiger partial charge in [-0.15, -0.1) is 0 Å². The number of aromatic hydroxyl groups is 2. The first-order chi connectivity index (χ1) is 7.16. The van der Waals surface area contributed by atoms with Gasteiger partial charge in [-0.25, -0.2) is 0 Å². The number of benzene rings is 2. The highest BCUT2D eigenvalue weighted by molar-refractivity contribution is 5.69. The molecular formula is C13H12O2. The second kappa shape index (κ2) is 3.65. The summed E-state index contributed by atoms with van der Waals surface area (Å²) in [4.78, 5) is 0. The summed E-state index contributed by atoms with van der Waals surface area (Å²) in [7, 11) is 0. The van der Waals surface area contributed by atoms with E-state index in [2.05, 4.69) is 0 Å². The molecule has 0 aliphatic heterocycles. The van der Waals surface area contributed by atoms with Crippen molar-refractivity contribution in [1.29, 1.82) is 0 Å². The molecule has 15 heavy (non-hydrogen) atoms. The smallest absolute Gasteiger partial charge is 0.116 e. The number of phenolic OH excluding ortho intramolecular Hbond substituents is 2. The molecule has 0 bridgehead atoms. The molecule has 0 amide bonds. The molecule has 0 saturated heterocycles. The van der Waals surface area contributed by atoms with Gasteiger partial charge in [0.05, 0.1) is 0 Å². The van der Waals surface area contributed by atoms with Gasteiger partial charge in [0.1, 0.15) is 11.5 Å². The van der Waals surface area contributed by atoms with E-state index in [1.54, 1.807) is 30.3 Å². The number of aryl methyl sites for hydroxylation is 1. The molecule has 0 spiro atoms. The first-order valence-corrected chi connectivity index (χ1v) is 4.76. The molecule has 0 radical (unpaired) electrons. The fourth-order valence-electron chi connectivity index (χ4n) is 1.65. The first-order valence-electron chi connectivity index (χ1n) is 4.76. The van der Waals surface area contributed by atoms with Gasteiger partial charge in [0.15, 0.2) is 0 Å². The first kappa shape index (κ1) is 9.59. The topological polar surface area (TPSA) is 40.5 Å². The van der Waals surface area contributed by atoms with Crippen LogP contribution in [-0.2, 0) is 0 Å². The van der Waals surface area contributed by atoms with Crippen molar-refractivity contribution in [1.82, 2.24) is 0 Å². The average Bonchev–Trinajstić information content (AvgIpc) is 2.17. The third kappa shape index (κ3) is 1.94. The molecule has 2 heteroatoms. The van der Waals surface area contributed by atoms with Gasteiger partial charge in [-0.05, 0) is 47.9 Å². The third-order valence-corrected chi connectivity index (χ3v) is 2.37. The Kier molecular flexibility index (Phi) is 2.34. The van der Waals surface area contributed by atoms with Crippen molar-refractivity contribution in [3.63, 3.8) is 0 Å². The van der Waals surface area contributed by atoms with Gasteiger partial charge < -0.3 is 10.2 Å². The van der Waals surface area contributed by atoms with E-state index in [0.717, 1.165) is 16.7 Å². The van der Waals surface area contributed by atoms with E-state index in [0.29, 0.717) is 0 Å². The van der Waals surface area contributed by atoms with Crippen molar-refractivity contribution in [3.8, 4) is 22.6 Å². The molecule has 0 heterocycles. The summed E-state index contributed by atoms with van der Waals surface area (Å²) in [5, 5.41) is 18.7. The SMILES string of the molecule is Cc1cc(O)ccc1-c1cccc(O)c1. The van der Waals surface area contributed by atoms with Crippen molar-refractivity contribution >= 4 is 0 Å². The van der Waals surface area contributed by atoms with Gasteiger partial charge in [-0.3, -0.25) is 0 Å². The fourth-order valence-corrected chi connectivity index (χ4v) is 1.65. The van der Waals surface area contributed by atoms with Crippen LogP contribution in [0.3, 0.4) is 0 Å². The van der Waals surface area contributed by atoms with E-state index in [4.69, 9.17) is 0 Å². The zero-order chi connectivity index (χ0) is 10.8. The Balaban J connectivity index is 2.54. The average molecular weight is 200 g/mol. The van der Waals surface area contributed by atoms with Crippen LogP contribution in [0.5, 0.6) is 11.5 Å². The number of rotatable bonds is 1. The van der Waals surface area contributed by atoms with Gasteiger partial charge in [-0.2, -0.15) is 0 Å². The Morgan fingerprint density at radius 3 is 2.27 bits per heavy atom. The van der Waals surface area contributed by atoms with Crippen molar-refractivity contribution < 1.29 is 10.2 Å². The zero-order valence-electron chi connectivity index (χ0n) is 8.44. The van der Waals surface area contributed by atoms with Gasteiger partial charge in [-0.1, -0.05) is 18.2 Å². The summed E-state index contributed by atoms with van der Waals surface area (Å²) in [5.74, 6) is 0.511.